The van der Waals surface area contributed by atoms with E-state index >= 15 is 0 Å². The minimum atomic E-state index is -1.17. The fourth-order valence-electron chi connectivity index (χ4n) is 1.85. The van der Waals surface area contributed by atoms with Gasteiger partial charge in [-0.3, -0.25) is 0 Å². The first-order chi connectivity index (χ1) is 10.9. The van der Waals surface area contributed by atoms with E-state index in [1.165, 1.54) is 0 Å². The number of esters is 1. The number of hydrogen-bond acceptors (Lipinski definition) is 6. The first kappa shape index (κ1) is 22.2. The number of carbonyl (C=O) groups is 3. The summed E-state index contributed by atoms with van der Waals surface area (Å²) in [6.07, 6.45) is -0.477. The monoisotopic (exact) mass is 347 g/mol. The SMILES string of the molecule is CCOC(=O)COCCC(C)(C)C(NC(=O)OC(C)(C)C)C(=O)O. The van der Waals surface area contributed by atoms with Gasteiger partial charge in [-0.25, -0.2) is 14.4 Å². The largest absolute Gasteiger partial charge is 0.480 e. The lowest BCUT2D eigenvalue weighted by Gasteiger charge is -2.32. The maximum atomic E-state index is 11.8. The second-order valence-corrected chi connectivity index (χ2v) is 7.01. The number of hydrogen-bond donors (Lipinski definition) is 2. The van der Waals surface area contributed by atoms with E-state index in [2.05, 4.69) is 5.32 Å². The fraction of sp³-hybridized carbons (Fsp3) is 0.812. The lowest BCUT2D eigenvalue weighted by Crippen LogP contribution is -2.51. The molecule has 24 heavy (non-hydrogen) atoms. The molecule has 0 bridgehead atoms. The van der Waals surface area contributed by atoms with E-state index in [1.54, 1.807) is 41.5 Å². The topological polar surface area (TPSA) is 111 Å². The summed E-state index contributed by atoms with van der Waals surface area (Å²) in [6.45, 7) is 10.4. The van der Waals surface area contributed by atoms with Crippen LogP contribution in [0, 0.1) is 5.41 Å². The molecule has 0 fully saturated rings. The summed E-state index contributed by atoms with van der Waals surface area (Å²) in [7, 11) is 0. The standard InChI is InChI=1S/C16H29NO7/c1-7-23-11(18)10-22-9-8-16(5,6)12(13(19)20)17-14(21)24-15(2,3)4/h12H,7-10H2,1-6H3,(H,17,21)(H,19,20). The molecule has 0 saturated heterocycles. The van der Waals surface area contributed by atoms with Crippen LogP contribution in [-0.2, 0) is 23.8 Å². The van der Waals surface area contributed by atoms with Gasteiger partial charge in [-0.15, -0.1) is 0 Å². The highest BCUT2D eigenvalue weighted by Crippen LogP contribution is 2.26. The number of carboxylic acids is 1. The summed E-state index contributed by atoms with van der Waals surface area (Å²) < 4.78 is 15.0. The zero-order valence-electron chi connectivity index (χ0n) is 15.3. The van der Waals surface area contributed by atoms with Crippen LogP contribution in [0.3, 0.4) is 0 Å². The van der Waals surface area contributed by atoms with Gasteiger partial charge in [0.1, 0.15) is 18.2 Å². The van der Waals surface area contributed by atoms with Crippen molar-refractivity contribution < 1.29 is 33.7 Å². The first-order valence-electron chi connectivity index (χ1n) is 7.84. The van der Waals surface area contributed by atoms with E-state index in [-0.39, 0.29) is 19.8 Å². The number of nitrogens with one attached hydrogen (secondary N) is 1. The number of carbonyl (C=O) groups excluding carboxylic acids is 2. The van der Waals surface area contributed by atoms with Gasteiger partial charge in [0.25, 0.3) is 0 Å². The summed E-state index contributed by atoms with van der Waals surface area (Å²) >= 11 is 0. The summed E-state index contributed by atoms with van der Waals surface area (Å²) in [5, 5.41) is 11.8. The Morgan fingerprint density at radius 1 is 1.12 bits per heavy atom. The van der Waals surface area contributed by atoms with Crippen LogP contribution in [0.2, 0.25) is 0 Å². The van der Waals surface area contributed by atoms with Crippen molar-refractivity contribution in [2.75, 3.05) is 19.8 Å². The molecule has 1 amide bonds. The highest BCUT2D eigenvalue weighted by Gasteiger charge is 2.37. The molecule has 0 aromatic heterocycles. The molecule has 0 spiro atoms. The lowest BCUT2D eigenvalue weighted by molar-refractivity contribution is -0.149. The third-order valence-electron chi connectivity index (χ3n) is 3.11. The molecule has 0 aliphatic rings. The Morgan fingerprint density at radius 2 is 1.71 bits per heavy atom. The van der Waals surface area contributed by atoms with Gasteiger partial charge in [-0.05, 0) is 39.5 Å². The van der Waals surface area contributed by atoms with Gasteiger partial charge in [0.2, 0.25) is 0 Å². The van der Waals surface area contributed by atoms with Crippen LogP contribution >= 0.6 is 0 Å². The third-order valence-corrected chi connectivity index (χ3v) is 3.11. The van der Waals surface area contributed by atoms with Crippen molar-refractivity contribution in [3.8, 4) is 0 Å². The molecule has 0 saturated carbocycles. The zero-order valence-corrected chi connectivity index (χ0v) is 15.3. The molecule has 1 atom stereocenters. The van der Waals surface area contributed by atoms with Crippen molar-refractivity contribution in [2.24, 2.45) is 5.41 Å². The molecule has 2 N–H and O–H groups in total. The number of carboxylic acid groups (broad SMARTS) is 1. The molecule has 1 unspecified atom stereocenters. The summed E-state index contributed by atoms with van der Waals surface area (Å²) in [4.78, 5) is 34.5. The molecule has 0 aromatic carbocycles. The Balaban J connectivity index is 4.58. The summed E-state index contributed by atoms with van der Waals surface area (Å²) in [6, 6.07) is -1.15. The second-order valence-electron chi connectivity index (χ2n) is 7.01. The Bertz CT molecular complexity index is 440. The number of rotatable bonds is 9. The normalized spacial score (nSPS) is 13.1. The lowest BCUT2D eigenvalue weighted by atomic mass is 9.81. The Morgan fingerprint density at radius 3 is 2.17 bits per heavy atom. The van der Waals surface area contributed by atoms with E-state index in [0.717, 1.165) is 0 Å². The summed E-state index contributed by atoms with van der Waals surface area (Å²) in [5.41, 5.74) is -1.53. The van der Waals surface area contributed by atoms with Crippen molar-refractivity contribution in [2.45, 2.75) is 59.6 Å². The third kappa shape index (κ3) is 9.34. The molecular weight excluding hydrogens is 318 g/mol. The molecule has 0 aliphatic heterocycles. The first-order valence-corrected chi connectivity index (χ1v) is 7.84. The average Bonchev–Trinajstić information content (AvgIpc) is 2.39. The Hall–Kier alpha value is -1.83. The van der Waals surface area contributed by atoms with Crippen molar-refractivity contribution in [3.05, 3.63) is 0 Å². The van der Waals surface area contributed by atoms with Crippen LogP contribution in [0.25, 0.3) is 0 Å². The average molecular weight is 347 g/mol. The highest BCUT2D eigenvalue weighted by atomic mass is 16.6. The van der Waals surface area contributed by atoms with Crippen LogP contribution in [-0.4, -0.2) is 54.6 Å². The van der Waals surface area contributed by atoms with Crippen LogP contribution in [0.15, 0.2) is 0 Å². The van der Waals surface area contributed by atoms with Crippen molar-refractivity contribution in [3.63, 3.8) is 0 Å². The molecular formula is C16H29NO7. The van der Waals surface area contributed by atoms with Crippen molar-refractivity contribution >= 4 is 18.0 Å². The van der Waals surface area contributed by atoms with Gasteiger partial charge >= 0.3 is 18.0 Å². The molecule has 8 heteroatoms. The van der Waals surface area contributed by atoms with E-state index in [9.17, 15) is 19.5 Å². The van der Waals surface area contributed by atoms with Gasteiger partial charge in [0, 0.05) is 6.61 Å². The highest BCUT2D eigenvalue weighted by molar-refractivity contribution is 5.80. The zero-order chi connectivity index (χ0) is 19.0. The predicted octanol–water partition coefficient (Wildman–Crippen LogP) is 1.96. The Labute approximate surface area is 142 Å². The van der Waals surface area contributed by atoms with Gasteiger partial charge < -0.3 is 24.6 Å². The van der Waals surface area contributed by atoms with Crippen molar-refractivity contribution in [1.82, 2.24) is 5.32 Å². The molecule has 0 heterocycles. The van der Waals surface area contributed by atoms with Crippen LogP contribution < -0.4 is 5.32 Å². The molecule has 140 valence electrons. The van der Waals surface area contributed by atoms with Crippen molar-refractivity contribution in [1.29, 1.82) is 0 Å². The van der Waals surface area contributed by atoms with Gasteiger partial charge in [0.05, 0.1) is 6.61 Å². The molecule has 0 aliphatic carbocycles. The molecule has 8 nitrogen and oxygen atoms in total. The van der Waals surface area contributed by atoms with E-state index in [0.29, 0.717) is 6.42 Å². The van der Waals surface area contributed by atoms with E-state index < -0.39 is 35.1 Å². The van der Waals surface area contributed by atoms with E-state index in [4.69, 9.17) is 14.2 Å². The van der Waals surface area contributed by atoms with Gasteiger partial charge in [-0.2, -0.15) is 0 Å². The predicted molar refractivity (Wildman–Crippen MR) is 86.6 cm³/mol. The summed E-state index contributed by atoms with van der Waals surface area (Å²) in [5.74, 6) is -1.65. The minimum absolute atomic E-state index is 0.158. The van der Waals surface area contributed by atoms with E-state index in [1.807, 2.05) is 0 Å². The number of amides is 1. The van der Waals surface area contributed by atoms with Crippen LogP contribution in [0.4, 0.5) is 4.79 Å². The number of alkyl carbamates (subject to hydrolysis) is 1. The fourth-order valence-corrected chi connectivity index (χ4v) is 1.85. The number of aliphatic carboxylic acids is 1. The van der Waals surface area contributed by atoms with Gasteiger partial charge in [0.15, 0.2) is 0 Å². The maximum absolute atomic E-state index is 11.8. The van der Waals surface area contributed by atoms with Crippen LogP contribution in [0.5, 0.6) is 0 Å². The maximum Gasteiger partial charge on any atom is 0.408 e. The molecule has 0 rings (SSSR count). The minimum Gasteiger partial charge on any atom is -0.480 e. The second kappa shape index (κ2) is 9.46. The smallest absolute Gasteiger partial charge is 0.408 e. The Kier molecular flexibility index (Phi) is 8.74. The molecule has 0 aromatic rings. The number of ether oxygens (including phenoxy) is 3. The van der Waals surface area contributed by atoms with Crippen LogP contribution in [0.1, 0.15) is 48.0 Å². The van der Waals surface area contributed by atoms with Gasteiger partial charge in [-0.1, -0.05) is 13.8 Å². The quantitative estimate of drug-likeness (QED) is 0.484. The molecule has 0 radical (unpaired) electrons.